The number of nitrogens with one attached hydrogen (secondary N) is 1. The van der Waals surface area contributed by atoms with E-state index >= 15 is 0 Å². The Bertz CT molecular complexity index is 573. The van der Waals surface area contributed by atoms with Gasteiger partial charge in [0.15, 0.2) is 16.7 Å². The lowest BCUT2D eigenvalue weighted by atomic mass is 10.2. The van der Waals surface area contributed by atoms with Gasteiger partial charge < -0.3 is 15.1 Å². The van der Waals surface area contributed by atoms with Crippen LogP contribution in [-0.2, 0) is 6.54 Å². The number of hydrogen-bond acceptors (Lipinski definition) is 3. The van der Waals surface area contributed by atoms with Crippen LogP contribution >= 0.6 is 12.2 Å². The van der Waals surface area contributed by atoms with Gasteiger partial charge in [0.1, 0.15) is 0 Å². The van der Waals surface area contributed by atoms with Crippen molar-refractivity contribution in [2.45, 2.75) is 26.8 Å². The van der Waals surface area contributed by atoms with Crippen molar-refractivity contribution in [1.29, 1.82) is 0 Å². The fourth-order valence-electron chi connectivity index (χ4n) is 3.17. The maximum atomic E-state index is 13.8. The number of nitrogens with zero attached hydrogens (tertiary/aromatic N) is 3. The lowest BCUT2D eigenvalue weighted by Crippen LogP contribution is -2.51. The van der Waals surface area contributed by atoms with Crippen LogP contribution in [0.25, 0.3) is 0 Å². The van der Waals surface area contributed by atoms with E-state index in [0.29, 0.717) is 12.1 Å². The highest BCUT2D eigenvalue weighted by Gasteiger charge is 2.20. The van der Waals surface area contributed by atoms with E-state index in [9.17, 15) is 8.78 Å². The normalized spacial score (nSPS) is 15.5. The van der Waals surface area contributed by atoms with E-state index in [0.717, 1.165) is 70.0 Å². The summed E-state index contributed by atoms with van der Waals surface area (Å²) in [5.74, 6) is -1.52. The lowest BCUT2D eigenvalue weighted by Gasteiger charge is -2.36. The summed E-state index contributed by atoms with van der Waals surface area (Å²) in [4.78, 5) is 6.69. The number of piperazine rings is 1. The highest BCUT2D eigenvalue weighted by molar-refractivity contribution is 7.80. The van der Waals surface area contributed by atoms with Crippen LogP contribution in [0, 0.1) is 11.6 Å². The fraction of sp³-hybridized carbons (Fsp3) is 0.632. The third-order valence-corrected chi connectivity index (χ3v) is 5.31. The molecule has 0 amide bonds. The number of thiocarbonyl (C=S) groups is 1. The minimum atomic E-state index is -0.781. The first-order chi connectivity index (χ1) is 12.5. The van der Waals surface area contributed by atoms with Gasteiger partial charge in [-0.05, 0) is 44.3 Å². The zero-order valence-electron chi connectivity index (χ0n) is 15.8. The molecule has 2 rings (SSSR count). The summed E-state index contributed by atoms with van der Waals surface area (Å²) in [5, 5.41) is 4.13. The van der Waals surface area contributed by atoms with E-state index < -0.39 is 11.6 Å². The third kappa shape index (κ3) is 6.14. The molecular formula is C19H30F2N4S. The minimum Gasteiger partial charge on any atom is -0.363 e. The summed E-state index contributed by atoms with van der Waals surface area (Å²) in [5.41, 5.74) is 0.413. The second-order valence-electron chi connectivity index (χ2n) is 6.59. The molecule has 1 aliphatic heterocycles. The quantitative estimate of drug-likeness (QED) is 0.548. The lowest BCUT2D eigenvalue weighted by molar-refractivity contribution is 0.172. The van der Waals surface area contributed by atoms with E-state index in [2.05, 4.69) is 33.9 Å². The molecule has 146 valence electrons. The van der Waals surface area contributed by atoms with Crippen molar-refractivity contribution >= 4 is 17.3 Å². The van der Waals surface area contributed by atoms with Gasteiger partial charge in [0.2, 0.25) is 0 Å². The molecule has 0 unspecified atom stereocenters. The third-order valence-electron chi connectivity index (χ3n) is 4.91. The summed E-state index contributed by atoms with van der Waals surface area (Å²) in [7, 11) is 0. The molecule has 0 spiro atoms. The van der Waals surface area contributed by atoms with E-state index in [-0.39, 0.29) is 0 Å². The molecule has 7 heteroatoms. The molecule has 0 aliphatic carbocycles. The summed E-state index contributed by atoms with van der Waals surface area (Å²) in [6.45, 7) is 12.1. The van der Waals surface area contributed by atoms with Crippen molar-refractivity contribution in [1.82, 2.24) is 20.0 Å². The average Bonchev–Trinajstić information content (AvgIpc) is 2.66. The van der Waals surface area contributed by atoms with Crippen LogP contribution in [0.4, 0.5) is 8.78 Å². The Hall–Kier alpha value is -1.31. The van der Waals surface area contributed by atoms with Crippen molar-refractivity contribution in [3.63, 3.8) is 0 Å². The van der Waals surface area contributed by atoms with Crippen LogP contribution in [-0.4, -0.2) is 72.2 Å². The van der Waals surface area contributed by atoms with Gasteiger partial charge in [-0.1, -0.05) is 26.0 Å². The highest BCUT2D eigenvalue weighted by Crippen LogP contribution is 2.15. The molecule has 0 atom stereocenters. The summed E-state index contributed by atoms with van der Waals surface area (Å²) >= 11 is 5.49. The van der Waals surface area contributed by atoms with Gasteiger partial charge in [-0.15, -0.1) is 0 Å². The Morgan fingerprint density at radius 2 is 1.85 bits per heavy atom. The van der Waals surface area contributed by atoms with Crippen molar-refractivity contribution < 1.29 is 8.78 Å². The number of rotatable bonds is 8. The van der Waals surface area contributed by atoms with Gasteiger partial charge >= 0.3 is 0 Å². The molecule has 1 N–H and O–H groups in total. The van der Waals surface area contributed by atoms with Crippen LogP contribution in [0.2, 0.25) is 0 Å². The largest absolute Gasteiger partial charge is 0.363 e. The SMILES string of the molecule is CCN(CC)CCCNC(=S)N1CCN(Cc2cccc(F)c2F)CC1. The van der Waals surface area contributed by atoms with Gasteiger partial charge in [-0.2, -0.15) is 0 Å². The van der Waals surface area contributed by atoms with Gasteiger partial charge in [-0.3, -0.25) is 4.90 Å². The van der Waals surface area contributed by atoms with Crippen LogP contribution in [0.15, 0.2) is 18.2 Å². The van der Waals surface area contributed by atoms with Crippen LogP contribution in [0.5, 0.6) is 0 Å². The van der Waals surface area contributed by atoms with E-state index in [1.807, 2.05) is 0 Å². The van der Waals surface area contributed by atoms with E-state index in [1.54, 1.807) is 12.1 Å². The molecule has 0 saturated carbocycles. The molecular weight excluding hydrogens is 354 g/mol. The Labute approximate surface area is 161 Å². The predicted octanol–water partition coefficient (Wildman–Crippen LogP) is 2.69. The fourth-order valence-corrected chi connectivity index (χ4v) is 3.45. The number of benzene rings is 1. The van der Waals surface area contributed by atoms with Gasteiger partial charge in [0.05, 0.1) is 0 Å². The average molecular weight is 385 g/mol. The smallest absolute Gasteiger partial charge is 0.169 e. The molecule has 1 aromatic carbocycles. The standard InChI is InChI=1S/C19H30F2N4S/c1-3-23(4-2)10-6-9-22-19(26)25-13-11-24(12-14-25)15-16-7-5-8-17(20)18(16)21/h5,7-8H,3-4,6,9-15H2,1-2H3,(H,22,26). The topological polar surface area (TPSA) is 21.8 Å². The van der Waals surface area contributed by atoms with E-state index in [1.165, 1.54) is 0 Å². The second kappa shape index (κ2) is 10.7. The Kier molecular flexibility index (Phi) is 8.68. The second-order valence-corrected chi connectivity index (χ2v) is 6.98. The summed E-state index contributed by atoms with van der Waals surface area (Å²) < 4.78 is 27.1. The van der Waals surface area contributed by atoms with Crippen LogP contribution < -0.4 is 5.32 Å². The zero-order chi connectivity index (χ0) is 18.9. The van der Waals surface area contributed by atoms with Crippen molar-refractivity contribution in [3.8, 4) is 0 Å². The first-order valence-corrected chi connectivity index (χ1v) is 9.86. The Balaban J connectivity index is 1.69. The molecule has 26 heavy (non-hydrogen) atoms. The minimum absolute atomic E-state index is 0.413. The molecule has 0 bridgehead atoms. The van der Waals surface area contributed by atoms with Crippen LogP contribution in [0.3, 0.4) is 0 Å². The summed E-state index contributed by atoms with van der Waals surface area (Å²) in [6, 6.07) is 4.36. The number of halogens is 2. The van der Waals surface area contributed by atoms with E-state index in [4.69, 9.17) is 12.2 Å². The number of hydrogen-bond donors (Lipinski definition) is 1. The molecule has 1 heterocycles. The Morgan fingerprint density at radius 3 is 2.50 bits per heavy atom. The first-order valence-electron chi connectivity index (χ1n) is 9.45. The van der Waals surface area contributed by atoms with Crippen molar-refractivity contribution in [2.24, 2.45) is 0 Å². The van der Waals surface area contributed by atoms with Crippen molar-refractivity contribution in [3.05, 3.63) is 35.4 Å². The maximum Gasteiger partial charge on any atom is 0.169 e. The Morgan fingerprint density at radius 1 is 1.15 bits per heavy atom. The zero-order valence-corrected chi connectivity index (χ0v) is 16.6. The van der Waals surface area contributed by atoms with Gasteiger partial charge in [0.25, 0.3) is 0 Å². The van der Waals surface area contributed by atoms with Crippen LogP contribution in [0.1, 0.15) is 25.8 Å². The van der Waals surface area contributed by atoms with Crippen molar-refractivity contribution in [2.75, 3.05) is 52.4 Å². The van der Waals surface area contributed by atoms with Gasteiger partial charge in [-0.25, -0.2) is 8.78 Å². The predicted molar refractivity (Wildman–Crippen MR) is 106 cm³/mol. The molecule has 4 nitrogen and oxygen atoms in total. The van der Waals surface area contributed by atoms with Gasteiger partial charge in [0, 0.05) is 44.8 Å². The molecule has 0 radical (unpaired) electrons. The molecule has 1 aromatic rings. The monoisotopic (exact) mass is 384 g/mol. The highest BCUT2D eigenvalue weighted by atomic mass is 32.1. The first kappa shape index (κ1) is 21.0. The summed E-state index contributed by atoms with van der Waals surface area (Å²) in [6.07, 6.45) is 1.07. The molecule has 1 saturated heterocycles. The molecule has 0 aromatic heterocycles. The maximum absolute atomic E-state index is 13.8. The molecule has 1 aliphatic rings. The molecule has 1 fully saturated rings.